The number of nitrogens with zero attached hydrogens (tertiary/aromatic N) is 3. The smallest absolute Gasteiger partial charge is 0.354 e. The highest BCUT2D eigenvalue weighted by molar-refractivity contribution is 5.62. The van der Waals surface area contributed by atoms with Gasteiger partial charge in [0.25, 0.3) is 0 Å². The molecule has 26 heavy (non-hydrogen) atoms. The number of aryl methyl sites for hydroxylation is 2. The molecule has 2 aromatic rings. The highest BCUT2D eigenvalue weighted by Gasteiger charge is 2.33. The lowest BCUT2D eigenvalue weighted by Crippen LogP contribution is -2.18. The van der Waals surface area contributed by atoms with Gasteiger partial charge in [0, 0.05) is 18.3 Å². The first-order chi connectivity index (χ1) is 12.1. The molecule has 8 heteroatoms. The summed E-state index contributed by atoms with van der Waals surface area (Å²) >= 11 is 0. The number of nitrogens with one attached hydrogen (secondary N) is 2. The summed E-state index contributed by atoms with van der Waals surface area (Å²) in [4.78, 5) is 9.79. The third kappa shape index (κ3) is 5.87. The summed E-state index contributed by atoms with van der Waals surface area (Å²) in [5, 5.41) is 5.85. The van der Waals surface area contributed by atoms with Gasteiger partial charge in [0.2, 0.25) is 5.95 Å². The Kier molecular flexibility index (Phi) is 6.42. The van der Waals surface area contributed by atoms with Crippen LogP contribution in [0.2, 0.25) is 0 Å². The zero-order chi connectivity index (χ0) is 19.3. The predicted octanol–water partition coefficient (Wildman–Crippen LogP) is 4.22. The number of benzene rings is 1. The molecule has 0 saturated carbocycles. The standard InChI is InChI=1S/C18H24F3N5/c1-12-6-7-13(2)14(10-12)23-16-11-15(18(19,20)21)24-17(25-16)22-8-5-9-26(3)4/h6-7,10-11H,5,8-9H2,1-4H3,(H2,22,23,24,25). The Morgan fingerprint density at radius 2 is 1.81 bits per heavy atom. The number of hydrogen-bond acceptors (Lipinski definition) is 5. The molecule has 0 aliphatic rings. The number of alkyl halides is 3. The zero-order valence-corrected chi connectivity index (χ0v) is 15.4. The van der Waals surface area contributed by atoms with E-state index in [0.29, 0.717) is 6.54 Å². The fraction of sp³-hybridized carbons (Fsp3) is 0.444. The predicted molar refractivity (Wildman–Crippen MR) is 97.9 cm³/mol. The number of anilines is 3. The lowest BCUT2D eigenvalue weighted by Gasteiger charge is -2.15. The second-order valence-electron chi connectivity index (χ2n) is 6.49. The fourth-order valence-electron chi connectivity index (χ4n) is 2.34. The van der Waals surface area contributed by atoms with E-state index in [9.17, 15) is 13.2 Å². The van der Waals surface area contributed by atoms with Crippen LogP contribution in [0.3, 0.4) is 0 Å². The van der Waals surface area contributed by atoms with Crippen molar-refractivity contribution in [1.29, 1.82) is 0 Å². The maximum atomic E-state index is 13.2. The van der Waals surface area contributed by atoms with Crippen LogP contribution in [0, 0.1) is 13.8 Å². The van der Waals surface area contributed by atoms with E-state index in [0.717, 1.165) is 35.8 Å². The summed E-state index contributed by atoms with van der Waals surface area (Å²) in [6, 6.07) is 6.64. The second kappa shape index (κ2) is 8.35. The maximum absolute atomic E-state index is 13.2. The van der Waals surface area contributed by atoms with Crippen molar-refractivity contribution in [3.05, 3.63) is 41.1 Å². The Morgan fingerprint density at radius 3 is 2.46 bits per heavy atom. The van der Waals surface area contributed by atoms with Gasteiger partial charge in [0.15, 0.2) is 5.69 Å². The van der Waals surface area contributed by atoms with E-state index in [-0.39, 0.29) is 11.8 Å². The van der Waals surface area contributed by atoms with Gasteiger partial charge in [-0.1, -0.05) is 12.1 Å². The average molecular weight is 367 g/mol. The quantitative estimate of drug-likeness (QED) is 0.718. The molecule has 1 aromatic carbocycles. The van der Waals surface area contributed by atoms with Crippen molar-refractivity contribution in [2.45, 2.75) is 26.4 Å². The average Bonchev–Trinajstić information content (AvgIpc) is 2.54. The van der Waals surface area contributed by atoms with E-state index >= 15 is 0 Å². The lowest BCUT2D eigenvalue weighted by molar-refractivity contribution is -0.141. The largest absolute Gasteiger partial charge is 0.433 e. The first-order valence-electron chi connectivity index (χ1n) is 8.34. The minimum atomic E-state index is -4.54. The Labute approximate surface area is 151 Å². The summed E-state index contributed by atoms with van der Waals surface area (Å²) in [6.07, 6.45) is -3.77. The number of aromatic nitrogens is 2. The third-order valence-corrected chi connectivity index (χ3v) is 3.74. The molecule has 1 aromatic heterocycles. The summed E-state index contributed by atoms with van der Waals surface area (Å²) in [5.41, 5.74) is 1.67. The van der Waals surface area contributed by atoms with Crippen LogP contribution in [0.4, 0.5) is 30.6 Å². The van der Waals surface area contributed by atoms with Gasteiger partial charge in [-0.3, -0.25) is 0 Å². The van der Waals surface area contributed by atoms with E-state index in [1.54, 1.807) is 0 Å². The second-order valence-corrected chi connectivity index (χ2v) is 6.49. The van der Waals surface area contributed by atoms with Crippen molar-refractivity contribution in [2.75, 3.05) is 37.8 Å². The molecule has 2 rings (SSSR count). The summed E-state index contributed by atoms with van der Waals surface area (Å²) in [5.74, 6) is 0.0718. The maximum Gasteiger partial charge on any atom is 0.433 e. The highest BCUT2D eigenvalue weighted by Crippen LogP contribution is 2.31. The van der Waals surface area contributed by atoms with E-state index in [2.05, 4.69) is 20.6 Å². The molecular formula is C18H24F3N5. The molecule has 0 unspecified atom stereocenters. The minimum absolute atomic E-state index is 0.0358. The molecule has 0 bridgehead atoms. The SMILES string of the molecule is Cc1ccc(C)c(Nc2cc(C(F)(F)F)nc(NCCCN(C)C)n2)c1. The number of halogens is 3. The number of rotatable bonds is 7. The van der Waals surface area contributed by atoms with Crippen LogP contribution in [0.15, 0.2) is 24.3 Å². The molecule has 142 valence electrons. The van der Waals surface area contributed by atoms with Gasteiger partial charge in [-0.05, 0) is 58.1 Å². The molecule has 0 atom stereocenters. The summed E-state index contributed by atoms with van der Waals surface area (Å²) in [6.45, 7) is 5.11. The zero-order valence-electron chi connectivity index (χ0n) is 15.4. The van der Waals surface area contributed by atoms with Crippen molar-refractivity contribution in [3.8, 4) is 0 Å². The van der Waals surface area contributed by atoms with Crippen LogP contribution in [-0.4, -0.2) is 42.1 Å². The van der Waals surface area contributed by atoms with Crippen molar-refractivity contribution < 1.29 is 13.2 Å². The molecule has 5 nitrogen and oxygen atoms in total. The van der Waals surface area contributed by atoms with Crippen LogP contribution in [0.25, 0.3) is 0 Å². The van der Waals surface area contributed by atoms with Gasteiger partial charge in [-0.2, -0.15) is 18.2 Å². The Bertz CT molecular complexity index is 744. The number of hydrogen-bond donors (Lipinski definition) is 2. The normalized spacial score (nSPS) is 11.7. The van der Waals surface area contributed by atoms with Crippen molar-refractivity contribution in [1.82, 2.24) is 14.9 Å². The molecule has 0 amide bonds. The van der Waals surface area contributed by atoms with Crippen LogP contribution < -0.4 is 10.6 Å². The first-order valence-corrected chi connectivity index (χ1v) is 8.34. The topological polar surface area (TPSA) is 53.1 Å². The van der Waals surface area contributed by atoms with E-state index in [4.69, 9.17) is 0 Å². The van der Waals surface area contributed by atoms with Gasteiger partial charge in [0.1, 0.15) is 5.82 Å². The van der Waals surface area contributed by atoms with E-state index in [1.165, 1.54) is 0 Å². The molecule has 0 spiro atoms. The monoisotopic (exact) mass is 367 g/mol. The summed E-state index contributed by atoms with van der Waals surface area (Å²) < 4.78 is 39.5. The van der Waals surface area contributed by atoms with Gasteiger partial charge in [-0.15, -0.1) is 0 Å². The van der Waals surface area contributed by atoms with Gasteiger partial charge < -0.3 is 15.5 Å². The van der Waals surface area contributed by atoms with E-state index in [1.807, 2.05) is 51.0 Å². The van der Waals surface area contributed by atoms with Gasteiger partial charge in [-0.25, -0.2) is 4.98 Å². The minimum Gasteiger partial charge on any atom is -0.354 e. The molecule has 0 saturated heterocycles. The highest BCUT2D eigenvalue weighted by atomic mass is 19.4. The molecule has 0 aliphatic carbocycles. The lowest BCUT2D eigenvalue weighted by atomic mass is 10.1. The van der Waals surface area contributed by atoms with Crippen LogP contribution >= 0.6 is 0 Å². The molecular weight excluding hydrogens is 343 g/mol. The molecule has 0 fully saturated rings. The Balaban J connectivity index is 2.24. The fourth-order valence-corrected chi connectivity index (χ4v) is 2.34. The Morgan fingerprint density at radius 1 is 1.08 bits per heavy atom. The van der Waals surface area contributed by atoms with Crippen LogP contribution in [0.1, 0.15) is 23.2 Å². The van der Waals surface area contributed by atoms with E-state index < -0.39 is 11.9 Å². The Hall–Kier alpha value is -2.35. The van der Waals surface area contributed by atoms with Crippen molar-refractivity contribution in [2.24, 2.45) is 0 Å². The molecule has 0 radical (unpaired) electrons. The van der Waals surface area contributed by atoms with Gasteiger partial charge >= 0.3 is 6.18 Å². The van der Waals surface area contributed by atoms with Crippen LogP contribution in [-0.2, 0) is 6.18 Å². The third-order valence-electron chi connectivity index (χ3n) is 3.74. The van der Waals surface area contributed by atoms with Gasteiger partial charge in [0.05, 0.1) is 0 Å². The van der Waals surface area contributed by atoms with Crippen LogP contribution in [0.5, 0.6) is 0 Å². The molecule has 0 aliphatic heterocycles. The molecule has 2 N–H and O–H groups in total. The van der Waals surface area contributed by atoms with Crippen molar-refractivity contribution in [3.63, 3.8) is 0 Å². The first kappa shape index (κ1) is 20.0. The van der Waals surface area contributed by atoms with Crippen molar-refractivity contribution >= 4 is 17.5 Å². The summed E-state index contributed by atoms with van der Waals surface area (Å²) in [7, 11) is 3.87. The molecule has 1 heterocycles.